The second-order valence-electron chi connectivity index (χ2n) is 3.41. The quantitative estimate of drug-likeness (QED) is 0.733. The summed E-state index contributed by atoms with van der Waals surface area (Å²) in [6.07, 6.45) is 4.05. The molecule has 4 heteroatoms. The van der Waals surface area contributed by atoms with Gasteiger partial charge in [0.15, 0.2) is 0 Å². The van der Waals surface area contributed by atoms with Gasteiger partial charge in [-0.1, -0.05) is 0 Å². The van der Waals surface area contributed by atoms with Crippen molar-refractivity contribution in [2.24, 2.45) is 0 Å². The van der Waals surface area contributed by atoms with Crippen molar-refractivity contribution in [1.82, 2.24) is 14.9 Å². The number of hydrogen-bond acceptors (Lipinski definition) is 3. The molecule has 14 heavy (non-hydrogen) atoms. The molecule has 1 aromatic rings. The van der Waals surface area contributed by atoms with Crippen LogP contribution < -0.4 is 5.32 Å². The minimum absolute atomic E-state index is 0.267. The molecular formula is C10H19N3O. The first-order valence-electron chi connectivity index (χ1n) is 4.98. The molecule has 0 bridgehead atoms. The lowest BCUT2D eigenvalue weighted by molar-refractivity contribution is 0.0613. The van der Waals surface area contributed by atoms with Gasteiger partial charge in [-0.15, -0.1) is 0 Å². The van der Waals surface area contributed by atoms with Gasteiger partial charge in [0, 0.05) is 25.5 Å². The average molecular weight is 197 g/mol. The second-order valence-corrected chi connectivity index (χ2v) is 3.41. The highest BCUT2D eigenvalue weighted by Gasteiger charge is 2.00. The van der Waals surface area contributed by atoms with Crippen molar-refractivity contribution in [3.63, 3.8) is 0 Å². The van der Waals surface area contributed by atoms with E-state index in [-0.39, 0.29) is 6.10 Å². The largest absolute Gasteiger partial charge is 0.375 e. The predicted octanol–water partition coefficient (Wildman–Crippen LogP) is 0.816. The van der Waals surface area contributed by atoms with Gasteiger partial charge < -0.3 is 14.6 Å². The number of nitrogens with one attached hydrogen (secondary N) is 1. The Balaban J connectivity index is 2.19. The second kappa shape index (κ2) is 5.78. The standard InChI is InChI=1S/C10H19N3O/c1-9(8-11-3)14-7-6-13-5-4-12-10(13)2/h4-5,9,11H,6-8H2,1-3H3. The number of likely N-dealkylation sites (N-methyl/N-ethyl adjacent to an activating group) is 1. The smallest absolute Gasteiger partial charge is 0.105 e. The number of aryl methyl sites for hydroxylation is 1. The van der Waals surface area contributed by atoms with E-state index in [1.165, 1.54) is 0 Å². The normalized spacial score (nSPS) is 13.1. The molecule has 0 fully saturated rings. The Morgan fingerprint density at radius 3 is 3.00 bits per heavy atom. The first-order chi connectivity index (χ1) is 6.74. The fourth-order valence-electron chi connectivity index (χ4n) is 1.34. The molecule has 0 saturated carbocycles. The number of nitrogens with zero attached hydrogens (tertiary/aromatic N) is 2. The topological polar surface area (TPSA) is 39.1 Å². The SMILES string of the molecule is CNCC(C)OCCn1ccnc1C. The Labute approximate surface area is 85.3 Å². The van der Waals surface area contributed by atoms with Crippen molar-refractivity contribution < 1.29 is 4.74 Å². The summed E-state index contributed by atoms with van der Waals surface area (Å²) < 4.78 is 7.69. The van der Waals surface area contributed by atoms with Crippen molar-refractivity contribution in [1.29, 1.82) is 0 Å². The molecule has 80 valence electrons. The fourth-order valence-corrected chi connectivity index (χ4v) is 1.34. The van der Waals surface area contributed by atoms with Gasteiger partial charge in [0.2, 0.25) is 0 Å². The summed E-state index contributed by atoms with van der Waals surface area (Å²) >= 11 is 0. The van der Waals surface area contributed by atoms with Gasteiger partial charge in [0.25, 0.3) is 0 Å². The van der Waals surface area contributed by atoms with Crippen LogP contribution >= 0.6 is 0 Å². The van der Waals surface area contributed by atoms with Crippen LogP contribution in [0, 0.1) is 6.92 Å². The van der Waals surface area contributed by atoms with Crippen LogP contribution in [0.5, 0.6) is 0 Å². The third kappa shape index (κ3) is 3.47. The molecule has 4 nitrogen and oxygen atoms in total. The summed E-state index contributed by atoms with van der Waals surface area (Å²) in [6, 6.07) is 0. The maximum absolute atomic E-state index is 5.60. The first-order valence-corrected chi connectivity index (χ1v) is 4.98. The third-order valence-electron chi connectivity index (χ3n) is 2.15. The van der Waals surface area contributed by atoms with Crippen LogP contribution in [0.2, 0.25) is 0 Å². The minimum Gasteiger partial charge on any atom is -0.375 e. The highest BCUT2D eigenvalue weighted by atomic mass is 16.5. The summed E-state index contributed by atoms with van der Waals surface area (Å²) in [5.74, 6) is 1.04. The van der Waals surface area contributed by atoms with Gasteiger partial charge in [-0.05, 0) is 20.9 Å². The predicted molar refractivity (Wildman–Crippen MR) is 56.3 cm³/mol. The average Bonchev–Trinajstić information content (AvgIpc) is 2.52. The molecule has 1 unspecified atom stereocenters. The molecule has 0 aliphatic rings. The molecule has 1 heterocycles. The van der Waals surface area contributed by atoms with E-state index in [9.17, 15) is 0 Å². The van der Waals surface area contributed by atoms with Gasteiger partial charge in [-0.3, -0.25) is 0 Å². The number of hydrogen-bond donors (Lipinski definition) is 1. The lowest BCUT2D eigenvalue weighted by Crippen LogP contribution is -2.25. The van der Waals surface area contributed by atoms with Crippen LogP contribution in [-0.4, -0.2) is 35.9 Å². The van der Waals surface area contributed by atoms with Crippen LogP contribution in [0.25, 0.3) is 0 Å². The minimum atomic E-state index is 0.267. The molecule has 1 rings (SSSR count). The van der Waals surface area contributed by atoms with Gasteiger partial charge in [0.1, 0.15) is 5.82 Å². The highest BCUT2D eigenvalue weighted by Crippen LogP contribution is 1.96. The summed E-state index contributed by atoms with van der Waals surface area (Å²) in [7, 11) is 1.93. The van der Waals surface area contributed by atoms with Crippen molar-refractivity contribution >= 4 is 0 Å². The Kier molecular flexibility index (Phi) is 4.62. The molecule has 0 radical (unpaired) electrons. The van der Waals surface area contributed by atoms with E-state index in [2.05, 4.69) is 21.8 Å². The van der Waals surface area contributed by atoms with Crippen molar-refractivity contribution in [3.05, 3.63) is 18.2 Å². The maximum atomic E-state index is 5.60. The Morgan fingerprint density at radius 2 is 2.43 bits per heavy atom. The number of rotatable bonds is 6. The van der Waals surface area contributed by atoms with Gasteiger partial charge in [0.05, 0.1) is 12.7 Å². The van der Waals surface area contributed by atoms with Crippen LogP contribution in [0.1, 0.15) is 12.7 Å². The Hall–Kier alpha value is -0.870. The van der Waals surface area contributed by atoms with Crippen LogP contribution in [0.3, 0.4) is 0 Å². The third-order valence-corrected chi connectivity index (χ3v) is 2.15. The van der Waals surface area contributed by atoms with E-state index in [0.717, 1.165) is 25.5 Å². The van der Waals surface area contributed by atoms with Crippen LogP contribution in [-0.2, 0) is 11.3 Å². The number of aromatic nitrogens is 2. The molecule has 1 aromatic heterocycles. The Bertz CT molecular complexity index is 260. The Morgan fingerprint density at radius 1 is 1.64 bits per heavy atom. The molecule has 0 aliphatic heterocycles. The zero-order chi connectivity index (χ0) is 10.4. The molecular weight excluding hydrogens is 178 g/mol. The zero-order valence-electron chi connectivity index (χ0n) is 9.16. The summed E-state index contributed by atoms with van der Waals surface area (Å²) in [5.41, 5.74) is 0. The highest BCUT2D eigenvalue weighted by molar-refractivity contribution is 4.87. The lowest BCUT2D eigenvalue weighted by Gasteiger charge is -2.12. The lowest BCUT2D eigenvalue weighted by atomic mass is 10.4. The number of ether oxygens (including phenoxy) is 1. The van der Waals surface area contributed by atoms with Crippen molar-refractivity contribution in [2.75, 3.05) is 20.2 Å². The zero-order valence-corrected chi connectivity index (χ0v) is 9.16. The van der Waals surface area contributed by atoms with Crippen molar-refractivity contribution in [2.45, 2.75) is 26.5 Å². The van der Waals surface area contributed by atoms with E-state index in [4.69, 9.17) is 4.74 Å². The maximum Gasteiger partial charge on any atom is 0.105 e. The summed E-state index contributed by atoms with van der Waals surface area (Å²) in [6.45, 7) is 6.57. The monoisotopic (exact) mass is 197 g/mol. The van der Waals surface area contributed by atoms with Gasteiger partial charge in [-0.2, -0.15) is 0 Å². The van der Waals surface area contributed by atoms with E-state index in [1.54, 1.807) is 0 Å². The first kappa shape index (κ1) is 11.2. The fraction of sp³-hybridized carbons (Fsp3) is 0.700. The molecule has 0 spiro atoms. The van der Waals surface area contributed by atoms with E-state index in [0.29, 0.717) is 0 Å². The van der Waals surface area contributed by atoms with Crippen LogP contribution in [0.4, 0.5) is 0 Å². The molecule has 1 N–H and O–H groups in total. The molecule has 0 amide bonds. The van der Waals surface area contributed by atoms with Gasteiger partial charge >= 0.3 is 0 Å². The van der Waals surface area contributed by atoms with E-state index >= 15 is 0 Å². The summed E-state index contributed by atoms with van der Waals surface area (Å²) in [5, 5.41) is 3.08. The molecule has 0 saturated heterocycles. The molecule has 0 aromatic carbocycles. The van der Waals surface area contributed by atoms with Crippen molar-refractivity contribution in [3.8, 4) is 0 Å². The van der Waals surface area contributed by atoms with Gasteiger partial charge in [-0.25, -0.2) is 4.98 Å². The number of imidazole rings is 1. The molecule has 1 atom stereocenters. The van der Waals surface area contributed by atoms with Crippen LogP contribution in [0.15, 0.2) is 12.4 Å². The van der Waals surface area contributed by atoms with E-state index in [1.807, 2.05) is 26.4 Å². The molecule has 0 aliphatic carbocycles. The summed E-state index contributed by atoms with van der Waals surface area (Å²) in [4.78, 5) is 4.15. The van der Waals surface area contributed by atoms with E-state index < -0.39 is 0 Å².